The number of rotatable bonds is 1. The van der Waals surface area contributed by atoms with E-state index in [9.17, 15) is 4.79 Å². The first-order chi connectivity index (χ1) is 5.74. The van der Waals surface area contributed by atoms with Crippen LogP contribution in [0.25, 0.3) is 10.4 Å². The number of azide groups is 1. The Bertz CT molecular complexity index is 357. The van der Waals surface area contributed by atoms with Crippen LogP contribution in [0.1, 0.15) is 10.4 Å². The van der Waals surface area contributed by atoms with Gasteiger partial charge >= 0.3 is 0 Å². The van der Waals surface area contributed by atoms with E-state index < -0.39 is 5.91 Å². The molecule has 0 heterocycles. The molecule has 0 aliphatic rings. The number of carbonyl (C=O) groups is 1. The maximum Gasteiger partial charge on any atom is 0.249 e. The molecule has 0 bridgehead atoms. The molecule has 0 aromatic heterocycles. The maximum atomic E-state index is 10.9. The highest BCUT2D eigenvalue weighted by atomic mass is 35.5. The van der Waals surface area contributed by atoms with Crippen LogP contribution in [0, 0.1) is 0 Å². The highest BCUT2D eigenvalue weighted by molar-refractivity contribution is 6.30. The van der Waals surface area contributed by atoms with E-state index in [1.807, 2.05) is 0 Å². The molecule has 12 heavy (non-hydrogen) atoms. The Morgan fingerprint density at radius 1 is 1.58 bits per heavy atom. The molecule has 0 atom stereocenters. The Hall–Kier alpha value is -1.51. The summed E-state index contributed by atoms with van der Waals surface area (Å²) in [4.78, 5) is 13.3. The molecule has 0 saturated heterocycles. The third-order valence-corrected chi connectivity index (χ3v) is 1.44. The van der Waals surface area contributed by atoms with Gasteiger partial charge in [-0.1, -0.05) is 23.7 Å². The van der Waals surface area contributed by atoms with Crippen LogP contribution in [0.3, 0.4) is 0 Å². The van der Waals surface area contributed by atoms with Gasteiger partial charge in [-0.15, -0.1) is 0 Å². The number of hydrogen-bond acceptors (Lipinski definition) is 1. The van der Waals surface area contributed by atoms with Gasteiger partial charge in [0.05, 0.1) is 0 Å². The van der Waals surface area contributed by atoms with E-state index in [0.29, 0.717) is 10.6 Å². The van der Waals surface area contributed by atoms with Gasteiger partial charge in [-0.25, -0.2) is 0 Å². The molecule has 0 spiro atoms. The van der Waals surface area contributed by atoms with Gasteiger partial charge in [0.25, 0.3) is 0 Å². The Labute approximate surface area is 73.4 Å². The molecular weight excluding hydrogens is 178 g/mol. The lowest BCUT2D eigenvalue weighted by atomic mass is 10.2. The zero-order valence-corrected chi connectivity index (χ0v) is 6.69. The number of amides is 1. The summed E-state index contributed by atoms with van der Waals surface area (Å²) in [5.74, 6) is -0.625. The van der Waals surface area contributed by atoms with Crippen molar-refractivity contribution in [3.8, 4) is 0 Å². The molecule has 60 valence electrons. The van der Waals surface area contributed by atoms with Crippen molar-refractivity contribution in [1.29, 1.82) is 0 Å². The SMILES string of the molecule is [N-]=[N+]=NC(=O)c1cccc(Cl)c1. The molecular formula is C7H4ClN3O. The molecule has 0 N–H and O–H groups in total. The Morgan fingerprint density at radius 2 is 2.33 bits per heavy atom. The Morgan fingerprint density at radius 3 is 2.92 bits per heavy atom. The first-order valence-electron chi connectivity index (χ1n) is 3.09. The highest BCUT2D eigenvalue weighted by Crippen LogP contribution is 2.11. The van der Waals surface area contributed by atoms with Crippen molar-refractivity contribution < 1.29 is 4.79 Å². The van der Waals surface area contributed by atoms with E-state index in [4.69, 9.17) is 17.1 Å². The van der Waals surface area contributed by atoms with Gasteiger partial charge in [-0.3, -0.25) is 4.79 Å². The average Bonchev–Trinajstić information content (AvgIpc) is 2.05. The van der Waals surface area contributed by atoms with E-state index >= 15 is 0 Å². The smallest absolute Gasteiger partial charge is 0.249 e. The second kappa shape index (κ2) is 3.76. The van der Waals surface area contributed by atoms with Gasteiger partial charge in [0.1, 0.15) is 0 Å². The first kappa shape index (κ1) is 8.59. The minimum atomic E-state index is -0.625. The predicted molar refractivity (Wildman–Crippen MR) is 44.9 cm³/mol. The van der Waals surface area contributed by atoms with Crippen LogP contribution in [0.4, 0.5) is 0 Å². The van der Waals surface area contributed by atoms with Crippen LogP contribution in [0.5, 0.6) is 0 Å². The van der Waals surface area contributed by atoms with E-state index in [1.54, 1.807) is 12.1 Å². The van der Waals surface area contributed by atoms with Crippen LogP contribution in [-0.2, 0) is 0 Å². The minimum Gasteiger partial charge on any atom is -0.287 e. The van der Waals surface area contributed by atoms with E-state index in [1.165, 1.54) is 12.1 Å². The van der Waals surface area contributed by atoms with E-state index in [2.05, 4.69) is 10.0 Å². The topological polar surface area (TPSA) is 65.8 Å². The molecule has 1 aromatic carbocycles. The minimum absolute atomic E-state index is 0.292. The summed E-state index contributed by atoms with van der Waals surface area (Å²) in [6.07, 6.45) is 0. The first-order valence-corrected chi connectivity index (χ1v) is 3.47. The van der Waals surface area contributed by atoms with Gasteiger partial charge < -0.3 is 0 Å². The summed E-state index contributed by atoms with van der Waals surface area (Å²) in [5.41, 5.74) is 8.26. The molecule has 0 unspecified atom stereocenters. The van der Waals surface area contributed by atoms with Crippen LogP contribution < -0.4 is 0 Å². The van der Waals surface area contributed by atoms with Crippen LogP contribution in [0.15, 0.2) is 29.4 Å². The third-order valence-electron chi connectivity index (χ3n) is 1.21. The van der Waals surface area contributed by atoms with Gasteiger partial charge in [0, 0.05) is 15.5 Å². The predicted octanol–water partition coefficient (Wildman–Crippen LogP) is 2.79. The third kappa shape index (κ3) is 1.99. The largest absolute Gasteiger partial charge is 0.287 e. The summed E-state index contributed by atoms with van der Waals surface area (Å²) < 4.78 is 0. The van der Waals surface area contributed by atoms with Crippen molar-refractivity contribution >= 4 is 17.5 Å². The van der Waals surface area contributed by atoms with Crippen LogP contribution in [0.2, 0.25) is 5.02 Å². The van der Waals surface area contributed by atoms with Crippen molar-refractivity contribution in [2.75, 3.05) is 0 Å². The van der Waals surface area contributed by atoms with Crippen molar-refractivity contribution in [2.24, 2.45) is 5.11 Å². The van der Waals surface area contributed by atoms with Gasteiger partial charge in [0.2, 0.25) is 5.91 Å². The number of hydrogen-bond donors (Lipinski definition) is 0. The molecule has 0 saturated carbocycles. The van der Waals surface area contributed by atoms with E-state index in [0.717, 1.165) is 0 Å². The summed E-state index contributed by atoms with van der Waals surface area (Å²) in [6.45, 7) is 0. The van der Waals surface area contributed by atoms with E-state index in [-0.39, 0.29) is 0 Å². The van der Waals surface area contributed by atoms with Crippen molar-refractivity contribution in [3.63, 3.8) is 0 Å². The molecule has 1 rings (SSSR count). The highest BCUT2D eigenvalue weighted by Gasteiger charge is 2.01. The fourth-order valence-electron chi connectivity index (χ4n) is 0.720. The average molecular weight is 182 g/mol. The molecule has 0 aliphatic heterocycles. The zero-order chi connectivity index (χ0) is 8.97. The number of halogens is 1. The number of nitrogens with zero attached hydrogens (tertiary/aromatic N) is 3. The molecule has 5 heteroatoms. The number of benzene rings is 1. The van der Waals surface area contributed by atoms with Gasteiger partial charge in [-0.2, -0.15) is 0 Å². The Balaban J connectivity index is 3.03. The lowest BCUT2D eigenvalue weighted by Gasteiger charge is -1.93. The van der Waals surface area contributed by atoms with Crippen LogP contribution >= 0.6 is 11.6 Å². The normalized spacial score (nSPS) is 8.75. The lowest BCUT2D eigenvalue weighted by Crippen LogP contribution is -1.91. The molecule has 0 radical (unpaired) electrons. The zero-order valence-electron chi connectivity index (χ0n) is 5.94. The molecule has 4 nitrogen and oxygen atoms in total. The monoisotopic (exact) mass is 181 g/mol. The second-order valence-corrected chi connectivity index (χ2v) is 2.44. The second-order valence-electron chi connectivity index (χ2n) is 2.00. The van der Waals surface area contributed by atoms with Crippen molar-refractivity contribution in [3.05, 3.63) is 45.3 Å². The molecule has 0 aliphatic carbocycles. The maximum absolute atomic E-state index is 10.9. The van der Waals surface area contributed by atoms with Crippen molar-refractivity contribution in [2.45, 2.75) is 0 Å². The fourth-order valence-corrected chi connectivity index (χ4v) is 0.910. The quantitative estimate of drug-likeness (QED) is 0.373. The summed E-state index contributed by atoms with van der Waals surface area (Å²) in [6, 6.07) is 6.22. The lowest BCUT2D eigenvalue weighted by molar-refractivity contribution is 0.100. The fraction of sp³-hybridized carbons (Fsp3) is 0. The standard InChI is InChI=1S/C7H4ClN3O/c8-6-3-1-2-5(4-6)7(12)10-11-9/h1-4H. The van der Waals surface area contributed by atoms with Crippen molar-refractivity contribution in [1.82, 2.24) is 0 Å². The van der Waals surface area contributed by atoms with Gasteiger partial charge in [-0.05, 0) is 22.8 Å². The van der Waals surface area contributed by atoms with Gasteiger partial charge in [0.15, 0.2) is 0 Å². The van der Waals surface area contributed by atoms with Crippen LogP contribution in [-0.4, -0.2) is 5.91 Å². The Kier molecular flexibility index (Phi) is 2.69. The molecule has 1 amide bonds. The summed E-state index contributed by atoms with van der Waals surface area (Å²) in [5, 5.41) is 3.36. The summed E-state index contributed by atoms with van der Waals surface area (Å²) in [7, 11) is 0. The molecule has 0 fully saturated rings. The number of carbonyl (C=O) groups excluding carboxylic acids is 1. The molecule has 1 aromatic rings. The summed E-state index contributed by atoms with van der Waals surface area (Å²) >= 11 is 5.60.